The van der Waals surface area contributed by atoms with E-state index >= 15 is 0 Å². The Morgan fingerprint density at radius 3 is 2.36 bits per heavy atom. The molecule has 2 aromatic rings. The van der Waals surface area contributed by atoms with Crippen LogP contribution in [0.3, 0.4) is 0 Å². The summed E-state index contributed by atoms with van der Waals surface area (Å²) in [5, 5.41) is 3.05. The number of nitrogens with zero attached hydrogens (tertiary/aromatic N) is 2. The van der Waals surface area contributed by atoms with Crippen molar-refractivity contribution in [2.24, 2.45) is 0 Å². The number of piperazine rings is 1. The van der Waals surface area contributed by atoms with Crippen molar-refractivity contribution in [1.29, 1.82) is 0 Å². The zero-order chi connectivity index (χ0) is 19.8. The van der Waals surface area contributed by atoms with Crippen molar-refractivity contribution in [3.8, 4) is 0 Å². The molecule has 148 valence electrons. The highest BCUT2D eigenvalue weighted by atomic mass is 16.5. The second-order valence-corrected chi connectivity index (χ2v) is 6.96. The maximum Gasteiger partial charge on any atom is 0.248 e. The van der Waals surface area contributed by atoms with Crippen molar-refractivity contribution in [2.45, 2.75) is 6.42 Å². The van der Waals surface area contributed by atoms with Crippen molar-refractivity contribution in [1.82, 2.24) is 9.80 Å². The molecule has 0 radical (unpaired) electrons. The lowest BCUT2D eigenvalue weighted by Gasteiger charge is -2.34. The highest BCUT2D eigenvalue weighted by Gasteiger charge is 2.22. The Morgan fingerprint density at radius 2 is 1.64 bits per heavy atom. The molecule has 2 aromatic carbocycles. The Kier molecular flexibility index (Phi) is 7.17. The van der Waals surface area contributed by atoms with Gasteiger partial charge < -0.3 is 15.0 Å². The van der Waals surface area contributed by atoms with Gasteiger partial charge in [-0.05, 0) is 23.6 Å². The van der Waals surface area contributed by atoms with Gasteiger partial charge in [0.2, 0.25) is 11.8 Å². The normalized spacial score (nSPS) is 14.7. The molecule has 2 amide bonds. The Labute approximate surface area is 166 Å². The second kappa shape index (κ2) is 10.0. The largest absolute Gasteiger partial charge is 0.375 e. The van der Waals surface area contributed by atoms with E-state index < -0.39 is 0 Å². The van der Waals surface area contributed by atoms with E-state index in [9.17, 15) is 9.59 Å². The maximum absolute atomic E-state index is 12.5. The Hall–Kier alpha value is -2.70. The SMILES string of the molecule is COCC(=O)N1CCN(CC(=O)Nc2ccccc2Cc2ccccc2)CC1. The second-order valence-electron chi connectivity index (χ2n) is 6.96. The summed E-state index contributed by atoms with van der Waals surface area (Å²) in [5.41, 5.74) is 3.16. The Morgan fingerprint density at radius 1 is 0.964 bits per heavy atom. The molecule has 6 heteroatoms. The van der Waals surface area contributed by atoms with Crippen LogP contribution < -0.4 is 5.32 Å². The van der Waals surface area contributed by atoms with Gasteiger partial charge in [0.1, 0.15) is 6.61 Å². The zero-order valence-corrected chi connectivity index (χ0v) is 16.3. The molecule has 1 N–H and O–H groups in total. The average Bonchev–Trinajstić information content (AvgIpc) is 2.71. The van der Waals surface area contributed by atoms with E-state index in [4.69, 9.17) is 4.74 Å². The predicted octanol–water partition coefficient (Wildman–Crippen LogP) is 2.01. The number of carbonyl (C=O) groups excluding carboxylic acids is 2. The summed E-state index contributed by atoms with van der Waals surface area (Å²) >= 11 is 0. The standard InChI is InChI=1S/C22H27N3O3/c1-28-17-22(27)25-13-11-24(12-14-25)16-21(26)23-20-10-6-5-9-19(20)15-18-7-3-2-4-8-18/h2-10H,11-17H2,1H3,(H,23,26). The minimum Gasteiger partial charge on any atom is -0.375 e. The van der Waals surface area contributed by atoms with Gasteiger partial charge in [0.15, 0.2) is 0 Å². The summed E-state index contributed by atoms with van der Waals surface area (Å²) in [6, 6.07) is 18.1. The number of ether oxygens (including phenoxy) is 1. The van der Waals surface area contributed by atoms with Crippen molar-refractivity contribution in [3.63, 3.8) is 0 Å². The minimum absolute atomic E-state index is 0.00133. The first-order valence-electron chi connectivity index (χ1n) is 9.56. The first-order valence-corrected chi connectivity index (χ1v) is 9.56. The van der Waals surface area contributed by atoms with Crippen molar-refractivity contribution >= 4 is 17.5 Å². The number of benzene rings is 2. The average molecular weight is 381 g/mol. The van der Waals surface area contributed by atoms with E-state index in [1.807, 2.05) is 42.5 Å². The molecule has 1 aliphatic heterocycles. The van der Waals surface area contributed by atoms with E-state index in [1.54, 1.807) is 4.90 Å². The molecule has 0 atom stereocenters. The van der Waals surface area contributed by atoms with Crippen LogP contribution in [0.1, 0.15) is 11.1 Å². The summed E-state index contributed by atoms with van der Waals surface area (Å²) in [4.78, 5) is 28.3. The number of anilines is 1. The summed E-state index contributed by atoms with van der Waals surface area (Å²) < 4.78 is 4.90. The van der Waals surface area contributed by atoms with E-state index in [2.05, 4.69) is 22.3 Å². The molecule has 6 nitrogen and oxygen atoms in total. The van der Waals surface area contributed by atoms with Crippen LogP contribution in [0.25, 0.3) is 0 Å². The van der Waals surface area contributed by atoms with Gasteiger partial charge in [-0.3, -0.25) is 14.5 Å². The number of hydrogen-bond donors (Lipinski definition) is 1. The van der Waals surface area contributed by atoms with Crippen LogP contribution >= 0.6 is 0 Å². The number of carbonyl (C=O) groups is 2. The number of amides is 2. The third kappa shape index (κ3) is 5.65. The van der Waals surface area contributed by atoms with Gasteiger partial charge in [-0.25, -0.2) is 0 Å². The van der Waals surface area contributed by atoms with Crippen LogP contribution in [0.5, 0.6) is 0 Å². The molecule has 0 unspecified atom stereocenters. The number of nitrogens with one attached hydrogen (secondary N) is 1. The van der Waals surface area contributed by atoms with Crippen LogP contribution in [0.15, 0.2) is 54.6 Å². The van der Waals surface area contributed by atoms with Gasteiger partial charge in [-0.1, -0.05) is 48.5 Å². The summed E-state index contributed by atoms with van der Waals surface area (Å²) in [5.74, 6) is -0.0291. The molecule has 0 spiro atoms. The van der Waals surface area contributed by atoms with Crippen LogP contribution in [0, 0.1) is 0 Å². The van der Waals surface area contributed by atoms with Crippen LogP contribution in [-0.2, 0) is 20.7 Å². The van der Waals surface area contributed by atoms with Gasteiger partial charge in [-0.2, -0.15) is 0 Å². The van der Waals surface area contributed by atoms with E-state index in [0.29, 0.717) is 32.7 Å². The topological polar surface area (TPSA) is 61.9 Å². The van der Waals surface area contributed by atoms with Crippen molar-refractivity contribution < 1.29 is 14.3 Å². The van der Waals surface area contributed by atoms with Crippen LogP contribution in [0.2, 0.25) is 0 Å². The van der Waals surface area contributed by atoms with Crippen molar-refractivity contribution in [2.75, 3.05) is 51.8 Å². The van der Waals surface area contributed by atoms with Gasteiger partial charge in [0, 0.05) is 39.0 Å². The number of para-hydroxylation sites is 1. The van der Waals surface area contributed by atoms with E-state index in [1.165, 1.54) is 12.7 Å². The Balaban J connectivity index is 1.52. The highest BCUT2D eigenvalue weighted by Crippen LogP contribution is 2.19. The molecule has 0 aliphatic carbocycles. The predicted molar refractivity (Wildman–Crippen MR) is 109 cm³/mol. The molecule has 0 saturated carbocycles. The van der Waals surface area contributed by atoms with Crippen molar-refractivity contribution in [3.05, 3.63) is 65.7 Å². The van der Waals surface area contributed by atoms with Gasteiger partial charge in [0.25, 0.3) is 0 Å². The van der Waals surface area contributed by atoms with E-state index in [0.717, 1.165) is 17.7 Å². The highest BCUT2D eigenvalue weighted by molar-refractivity contribution is 5.93. The molecular formula is C22H27N3O3. The maximum atomic E-state index is 12.5. The molecule has 3 rings (SSSR count). The molecule has 1 fully saturated rings. The molecular weight excluding hydrogens is 354 g/mol. The minimum atomic E-state index is -0.0304. The lowest BCUT2D eigenvalue weighted by Crippen LogP contribution is -2.51. The first kappa shape index (κ1) is 20.0. The molecule has 1 saturated heterocycles. The van der Waals surface area contributed by atoms with Gasteiger partial charge in [0.05, 0.1) is 6.54 Å². The van der Waals surface area contributed by atoms with Crippen LogP contribution in [-0.4, -0.2) is 68.1 Å². The monoisotopic (exact) mass is 381 g/mol. The zero-order valence-electron chi connectivity index (χ0n) is 16.3. The summed E-state index contributed by atoms with van der Waals surface area (Å²) in [6.45, 7) is 3.06. The lowest BCUT2D eigenvalue weighted by molar-refractivity contribution is -0.137. The third-order valence-corrected chi connectivity index (χ3v) is 4.89. The molecule has 0 aromatic heterocycles. The molecule has 1 aliphatic rings. The van der Waals surface area contributed by atoms with Crippen LogP contribution in [0.4, 0.5) is 5.69 Å². The molecule has 28 heavy (non-hydrogen) atoms. The fourth-order valence-electron chi connectivity index (χ4n) is 3.38. The number of rotatable bonds is 7. The van der Waals surface area contributed by atoms with Gasteiger partial charge in [-0.15, -0.1) is 0 Å². The number of methoxy groups -OCH3 is 1. The summed E-state index contributed by atoms with van der Waals surface area (Å²) in [7, 11) is 1.52. The summed E-state index contributed by atoms with van der Waals surface area (Å²) in [6.07, 6.45) is 0.775. The van der Waals surface area contributed by atoms with E-state index in [-0.39, 0.29) is 18.4 Å². The Bertz CT molecular complexity index is 787. The quantitative estimate of drug-likeness (QED) is 0.797. The number of hydrogen-bond acceptors (Lipinski definition) is 4. The molecule has 0 bridgehead atoms. The lowest BCUT2D eigenvalue weighted by atomic mass is 10.0. The third-order valence-electron chi connectivity index (χ3n) is 4.89. The van der Waals surface area contributed by atoms with Gasteiger partial charge >= 0.3 is 0 Å². The molecule has 1 heterocycles. The fraction of sp³-hybridized carbons (Fsp3) is 0.364. The fourth-order valence-corrected chi connectivity index (χ4v) is 3.38. The first-order chi connectivity index (χ1) is 13.7. The smallest absolute Gasteiger partial charge is 0.248 e.